The van der Waals surface area contributed by atoms with Gasteiger partial charge in [0.25, 0.3) is 0 Å². The summed E-state index contributed by atoms with van der Waals surface area (Å²) < 4.78 is 6.30. The molecule has 0 aliphatic rings. The molecule has 0 N–H and O–H groups in total. The summed E-state index contributed by atoms with van der Waals surface area (Å²) in [5, 5.41) is 0. The van der Waals surface area contributed by atoms with E-state index in [9.17, 15) is 4.79 Å². The maximum Gasteiger partial charge on any atom is 0.196 e. The Bertz CT molecular complexity index is 582. The molecule has 1 heterocycles. The third-order valence-corrected chi connectivity index (χ3v) is 3.22. The lowest BCUT2D eigenvalue weighted by Gasteiger charge is -2.04. The van der Waals surface area contributed by atoms with Crippen molar-refractivity contribution in [2.45, 2.75) is 20.8 Å². The van der Waals surface area contributed by atoms with Gasteiger partial charge < -0.3 is 4.42 Å². The molecule has 0 saturated heterocycles. The number of ketones is 1. The van der Waals surface area contributed by atoms with Gasteiger partial charge in [0.2, 0.25) is 0 Å². The van der Waals surface area contributed by atoms with Gasteiger partial charge in [-0.25, -0.2) is 0 Å². The molecular weight excluding hydrogens is 280 g/mol. The van der Waals surface area contributed by atoms with E-state index in [-0.39, 0.29) is 5.78 Å². The molecule has 2 rings (SSSR count). The summed E-state index contributed by atoms with van der Waals surface area (Å²) in [5.74, 6) is 1.45. The molecule has 0 fully saturated rings. The van der Waals surface area contributed by atoms with Gasteiger partial charge in [0.05, 0.1) is 5.56 Å². The van der Waals surface area contributed by atoms with E-state index in [1.54, 1.807) is 6.07 Å². The number of hydrogen-bond acceptors (Lipinski definition) is 2. The average Bonchev–Trinajstić information content (AvgIpc) is 2.60. The van der Waals surface area contributed by atoms with Gasteiger partial charge in [-0.15, -0.1) is 0 Å². The number of benzene rings is 1. The fraction of sp³-hybridized carbons (Fsp3) is 0.214. The molecular formula is C14H13BrO2. The van der Waals surface area contributed by atoms with Crippen LogP contribution in [0.2, 0.25) is 0 Å². The van der Waals surface area contributed by atoms with Gasteiger partial charge in [0, 0.05) is 10.0 Å². The summed E-state index contributed by atoms with van der Waals surface area (Å²) in [6.45, 7) is 5.59. The second-order valence-electron chi connectivity index (χ2n) is 4.12. The van der Waals surface area contributed by atoms with Crippen LogP contribution in [0.1, 0.15) is 33.0 Å². The molecule has 3 heteroatoms. The van der Waals surface area contributed by atoms with Crippen LogP contribution in [0.5, 0.6) is 0 Å². The monoisotopic (exact) mass is 292 g/mol. The number of carbonyl (C=O) groups excluding carboxylic acids is 1. The molecule has 88 valence electrons. The topological polar surface area (TPSA) is 30.2 Å². The fourth-order valence-electron chi connectivity index (χ4n) is 1.84. The van der Waals surface area contributed by atoms with Crippen LogP contribution in [0, 0.1) is 20.8 Å². The summed E-state index contributed by atoms with van der Waals surface area (Å²) in [4.78, 5) is 12.4. The molecule has 1 aromatic heterocycles. The first-order valence-electron chi connectivity index (χ1n) is 5.37. The molecule has 0 radical (unpaired) electrons. The van der Waals surface area contributed by atoms with Gasteiger partial charge in [-0.2, -0.15) is 0 Å². The van der Waals surface area contributed by atoms with Crippen LogP contribution in [0.15, 0.2) is 33.2 Å². The molecule has 0 spiro atoms. The Hall–Kier alpha value is -1.35. The van der Waals surface area contributed by atoms with E-state index in [1.165, 1.54) is 0 Å². The first-order valence-corrected chi connectivity index (χ1v) is 6.16. The summed E-state index contributed by atoms with van der Waals surface area (Å²) in [6, 6.07) is 7.50. The fourth-order valence-corrected chi connectivity index (χ4v) is 2.20. The summed E-state index contributed by atoms with van der Waals surface area (Å²) in [7, 11) is 0. The summed E-state index contributed by atoms with van der Waals surface area (Å²) >= 11 is 3.39. The largest absolute Gasteiger partial charge is 0.466 e. The Labute approximate surface area is 109 Å². The predicted octanol–water partition coefficient (Wildman–Crippen LogP) is 4.20. The molecule has 1 aromatic carbocycles. The zero-order valence-corrected chi connectivity index (χ0v) is 11.6. The van der Waals surface area contributed by atoms with E-state index >= 15 is 0 Å². The second-order valence-corrected chi connectivity index (χ2v) is 5.03. The molecule has 0 bridgehead atoms. The van der Waals surface area contributed by atoms with Crippen molar-refractivity contribution >= 4 is 21.7 Å². The Morgan fingerprint density at radius 2 is 1.82 bits per heavy atom. The van der Waals surface area contributed by atoms with Crippen LogP contribution < -0.4 is 0 Å². The molecule has 2 nitrogen and oxygen atoms in total. The number of furan rings is 1. The van der Waals surface area contributed by atoms with Gasteiger partial charge >= 0.3 is 0 Å². The molecule has 0 amide bonds. The lowest BCUT2D eigenvalue weighted by Crippen LogP contribution is -2.03. The van der Waals surface area contributed by atoms with Crippen LogP contribution in [-0.4, -0.2) is 5.78 Å². The first-order chi connectivity index (χ1) is 7.99. The number of aryl methyl sites for hydroxylation is 3. The zero-order chi connectivity index (χ0) is 12.6. The first kappa shape index (κ1) is 12.1. The third kappa shape index (κ3) is 2.34. The van der Waals surface area contributed by atoms with Crippen molar-refractivity contribution in [3.05, 3.63) is 56.9 Å². The Balaban J connectivity index is 2.50. The molecule has 17 heavy (non-hydrogen) atoms. The second kappa shape index (κ2) is 4.49. The SMILES string of the molecule is Cc1cc(C(=O)c2cc(Br)ccc2C)c(C)o1. The lowest BCUT2D eigenvalue weighted by atomic mass is 9.99. The minimum atomic E-state index is 0.0122. The smallest absolute Gasteiger partial charge is 0.196 e. The maximum absolute atomic E-state index is 12.4. The Morgan fingerprint density at radius 1 is 1.12 bits per heavy atom. The minimum absolute atomic E-state index is 0.0122. The molecule has 0 saturated carbocycles. The van der Waals surface area contributed by atoms with Crippen LogP contribution in [0.25, 0.3) is 0 Å². The van der Waals surface area contributed by atoms with E-state index in [1.807, 2.05) is 39.0 Å². The third-order valence-electron chi connectivity index (χ3n) is 2.73. The Morgan fingerprint density at radius 3 is 2.41 bits per heavy atom. The number of carbonyl (C=O) groups is 1. The van der Waals surface area contributed by atoms with E-state index in [0.717, 1.165) is 15.8 Å². The molecule has 0 aliphatic carbocycles. The molecule has 0 aliphatic heterocycles. The summed E-state index contributed by atoms with van der Waals surface area (Å²) in [6.07, 6.45) is 0. The van der Waals surface area contributed by atoms with Crippen LogP contribution >= 0.6 is 15.9 Å². The molecule has 0 atom stereocenters. The zero-order valence-electron chi connectivity index (χ0n) is 10.0. The molecule has 0 unspecified atom stereocenters. The highest BCUT2D eigenvalue weighted by Crippen LogP contribution is 2.22. The van der Waals surface area contributed by atoms with Crippen LogP contribution in [0.3, 0.4) is 0 Å². The van der Waals surface area contributed by atoms with Gasteiger partial charge in [-0.3, -0.25) is 4.79 Å². The normalized spacial score (nSPS) is 10.6. The molecule has 2 aromatic rings. The van der Waals surface area contributed by atoms with E-state index in [4.69, 9.17) is 4.42 Å². The standard InChI is InChI=1S/C14H13BrO2/c1-8-4-5-11(15)7-12(8)14(16)13-6-9(2)17-10(13)3/h4-7H,1-3H3. The highest BCUT2D eigenvalue weighted by Gasteiger charge is 2.17. The summed E-state index contributed by atoms with van der Waals surface area (Å²) in [5.41, 5.74) is 2.32. The number of halogens is 1. The van der Waals surface area contributed by atoms with Crippen molar-refractivity contribution in [2.75, 3.05) is 0 Å². The van der Waals surface area contributed by atoms with Crippen LogP contribution in [-0.2, 0) is 0 Å². The van der Waals surface area contributed by atoms with E-state index in [0.29, 0.717) is 16.9 Å². The highest BCUT2D eigenvalue weighted by atomic mass is 79.9. The van der Waals surface area contributed by atoms with Gasteiger partial charge in [0.1, 0.15) is 11.5 Å². The average molecular weight is 293 g/mol. The van der Waals surface area contributed by atoms with E-state index < -0.39 is 0 Å². The highest BCUT2D eigenvalue weighted by molar-refractivity contribution is 9.10. The maximum atomic E-state index is 12.4. The number of rotatable bonds is 2. The van der Waals surface area contributed by atoms with E-state index in [2.05, 4.69) is 15.9 Å². The number of hydrogen-bond donors (Lipinski definition) is 0. The lowest BCUT2D eigenvalue weighted by molar-refractivity contribution is 0.103. The van der Waals surface area contributed by atoms with Gasteiger partial charge in [-0.05, 0) is 44.5 Å². The predicted molar refractivity (Wildman–Crippen MR) is 70.5 cm³/mol. The van der Waals surface area contributed by atoms with Crippen molar-refractivity contribution in [1.29, 1.82) is 0 Å². The van der Waals surface area contributed by atoms with Crippen molar-refractivity contribution < 1.29 is 9.21 Å². The van der Waals surface area contributed by atoms with Crippen LogP contribution in [0.4, 0.5) is 0 Å². The van der Waals surface area contributed by atoms with Crippen molar-refractivity contribution in [1.82, 2.24) is 0 Å². The minimum Gasteiger partial charge on any atom is -0.466 e. The van der Waals surface area contributed by atoms with Crippen molar-refractivity contribution in [3.8, 4) is 0 Å². The van der Waals surface area contributed by atoms with Crippen molar-refractivity contribution in [2.24, 2.45) is 0 Å². The Kier molecular flexibility index (Phi) is 3.20. The van der Waals surface area contributed by atoms with Crippen molar-refractivity contribution in [3.63, 3.8) is 0 Å². The van der Waals surface area contributed by atoms with Gasteiger partial charge in [-0.1, -0.05) is 22.0 Å². The van der Waals surface area contributed by atoms with Gasteiger partial charge in [0.15, 0.2) is 5.78 Å². The quantitative estimate of drug-likeness (QED) is 0.777.